The maximum absolute atomic E-state index is 13.1. The van der Waals surface area contributed by atoms with Gasteiger partial charge in [-0.05, 0) is 19.4 Å². The summed E-state index contributed by atoms with van der Waals surface area (Å²) in [6.07, 6.45) is -2.37. The van der Waals surface area contributed by atoms with Crippen molar-refractivity contribution in [3.63, 3.8) is 0 Å². The molecule has 1 aromatic rings. The summed E-state index contributed by atoms with van der Waals surface area (Å²) in [5.74, 6) is -0.306. The SMILES string of the molecule is O=C(NCCCc1ncn[nH]1)C1(C(F)(F)F)CCNC1. The number of nitrogens with zero attached hydrogens (tertiary/aromatic N) is 2. The topological polar surface area (TPSA) is 82.7 Å². The summed E-state index contributed by atoms with van der Waals surface area (Å²) >= 11 is 0. The molecule has 1 aliphatic heterocycles. The van der Waals surface area contributed by atoms with Gasteiger partial charge in [-0.3, -0.25) is 9.89 Å². The maximum Gasteiger partial charge on any atom is 0.404 e. The van der Waals surface area contributed by atoms with Crippen LogP contribution in [-0.4, -0.2) is 46.9 Å². The van der Waals surface area contributed by atoms with Crippen molar-refractivity contribution in [1.82, 2.24) is 25.8 Å². The zero-order chi connectivity index (χ0) is 14.6. The number of carbonyl (C=O) groups is 1. The van der Waals surface area contributed by atoms with Crippen molar-refractivity contribution in [1.29, 1.82) is 0 Å². The number of nitrogens with one attached hydrogen (secondary N) is 3. The van der Waals surface area contributed by atoms with Gasteiger partial charge in [-0.1, -0.05) is 0 Å². The molecule has 3 N–H and O–H groups in total. The number of H-pyrrole nitrogens is 1. The van der Waals surface area contributed by atoms with Crippen LogP contribution < -0.4 is 10.6 Å². The van der Waals surface area contributed by atoms with E-state index in [0.29, 0.717) is 18.7 Å². The molecule has 2 rings (SSSR count). The average molecular weight is 291 g/mol. The summed E-state index contributed by atoms with van der Waals surface area (Å²) in [6.45, 7) is 0.0206. The van der Waals surface area contributed by atoms with E-state index in [1.54, 1.807) is 0 Å². The lowest BCUT2D eigenvalue weighted by Gasteiger charge is -2.29. The van der Waals surface area contributed by atoms with Crippen LogP contribution in [0.5, 0.6) is 0 Å². The summed E-state index contributed by atoms with van der Waals surface area (Å²) in [5.41, 5.74) is -2.29. The van der Waals surface area contributed by atoms with Gasteiger partial charge in [-0.25, -0.2) is 4.98 Å². The van der Waals surface area contributed by atoms with Crippen LogP contribution in [0.2, 0.25) is 0 Å². The van der Waals surface area contributed by atoms with E-state index in [9.17, 15) is 18.0 Å². The van der Waals surface area contributed by atoms with Crippen LogP contribution in [-0.2, 0) is 11.2 Å². The second-order valence-electron chi connectivity index (χ2n) is 4.80. The Morgan fingerprint density at radius 3 is 2.85 bits per heavy atom. The van der Waals surface area contributed by atoms with Gasteiger partial charge in [-0.15, -0.1) is 0 Å². The first kappa shape index (κ1) is 14.8. The second-order valence-corrected chi connectivity index (χ2v) is 4.80. The van der Waals surface area contributed by atoms with Crippen molar-refractivity contribution in [3.05, 3.63) is 12.2 Å². The molecule has 0 bridgehead atoms. The molecule has 0 aromatic carbocycles. The van der Waals surface area contributed by atoms with Gasteiger partial charge in [0.25, 0.3) is 0 Å². The highest BCUT2D eigenvalue weighted by molar-refractivity contribution is 5.84. The maximum atomic E-state index is 13.1. The Labute approximate surface area is 113 Å². The fourth-order valence-electron chi connectivity index (χ4n) is 2.23. The minimum Gasteiger partial charge on any atom is -0.355 e. The third kappa shape index (κ3) is 2.92. The van der Waals surface area contributed by atoms with Gasteiger partial charge in [0.15, 0.2) is 5.41 Å². The molecule has 1 unspecified atom stereocenters. The second kappa shape index (κ2) is 5.78. The summed E-state index contributed by atoms with van der Waals surface area (Å²) in [4.78, 5) is 15.8. The quantitative estimate of drug-likeness (QED) is 0.686. The van der Waals surface area contributed by atoms with E-state index in [2.05, 4.69) is 25.8 Å². The van der Waals surface area contributed by atoms with Crippen LogP contribution in [0.3, 0.4) is 0 Å². The smallest absolute Gasteiger partial charge is 0.355 e. The van der Waals surface area contributed by atoms with Crippen LogP contribution in [0.4, 0.5) is 13.2 Å². The minimum absolute atomic E-state index is 0.178. The Bertz CT molecular complexity index is 439. The van der Waals surface area contributed by atoms with Crippen LogP contribution in [0.15, 0.2) is 6.33 Å². The van der Waals surface area contributed by atoms with Crippen molar-refractivity contribution in [3.8, 4) is 0 Å². The molecule has 0 radical (unpaired) electrons. The van der Waals surface area contributed by atoms with E-state index in [4.69, 9.17) is 0 Å². The summed E-state index contributed by atoms with van der Waals surface area (Å²) in [7, 11) is 0. The Morgan fingerprint density at radius 2 is 2.30 bits per heavy atom. The number of amides is 1. The zero-order valence-electron chi connectivity index (χ0n) is 10.8. The lowest BCUT2D eigenvalue weighted by molar-refractivity contribution is -0.216. The molecule has 1 fully saturated rings. The molecule has 1 saturated heterocycles. The molecule has 20 heavy (non-hydrogen) atoms. The third-order valence-electron chi connectivity index (χ3n) is 3.47. The molecule has 2 heterocycles. The van der Waals surface area contributed by atoms with Crippen LogP contribution >= 0.6 is 0 Å². The van der Waals surface area contributed by atoms with Crippen molar-refractivity contribution in [2.24, 2.45) is 5.41 Å². The number of carbonyl (C=O) groups excluding carboxylic acids is 1. The standard InChI is InChI=1S/C11H16F3N5O/c12-11(13,14)10(3-5-15-6-10)9(20)16-4-1-2-8-17-7-18-19-8/h7,15H,1-6H2,(H,16,20)(H,17,18,19). The molecule has 1 amide bonds. The van der Waals surface area contributed by atoms with Gasteiger partial charge in [0, 0.05) is 19.5 Å². The molecular weight excluding hydrogens is 275 g/mol. The van der Waals surface area contributed by atoms with Crippen LogP contribution in [0.25, 0.3) is 0 Å². The first-order chi connectivity index (χ1) is 9.46. The van der Waals surface area contributed by atoms with Gasteiger partial charge in [0.05, 0.1) is 0 Å². The zero-order valence-corrected chi connectivity index (χ0v) is 10.8. The summed E-state index contributed by atoms with van der Waals surface area (Å²) in [6, 6.07) is 0. The van der Waals surface area contributed by atoms with Gasteiger partial charge in [0.1, 0.15) is 12.2 Å². The number of hydrogen-bond donors (Lipinski definition) is 3. The van der Waals surface area contributed by atoms with E-state index >= 15 is 0 Å². The van der Waals surface area contributed by atoms with Crippen molar-refractivity contribution >= 4 is 5.91 Å². The van der Waals surface area contributed by atoms with Crippen molar-refractivity contribution in [2.45, 2.75) is 25.4 Å². The summed E-state index contributed by atoms with van der Waals surface area (Å²) < 4.78 is 39.2. The Hall–Kier alpha value is -1.64. The molecule has 1 aliphatic rings. The fraction of sp³-hybridized carbons (Fsp3) is 0.727. The number of aromatic amines is 1. The van der Waals surface area contributed by atoms with Crippen LogP contribution in [0.1, 0.15) is 18.7 Å². The Kier molecular flexibility index (Phi) is 4.26. The molecule has 0 aliphatic carbocycles. The normalized spacial score (nSPS) is 22.9. The first-order valence-electron chi connectivity index (χ1n) is 6.36. The number of aryl methyl sites for hydroxylation is 1. The largest absolute Gasteiger partial charge is 0.404 e. The molecule has 9 heteroatoms. The lowest BCUT2D eigenvalue weighted by atomic mass is 9.85. The van der Waals surface area contributed by atoms with Gasteiger partial charge in [-0.2, -0.15) is 18.3 Å². The predicted molar refractivity (Wildman–Crippen MR) is 63.7 cm³/mol. The van der Waals surface area contributed by atoms with E-state index in [1.165, 1.54) is 6.33 Å². The highest BCUT2D eigenvalue weighted by Gasteiger charge is 2.61. The monoisotopic (exact) mass is 291 g/mol. The van der Waals surface area contributed by atoms with E-state index < -0.39 is 17.5 Å². The lowest BCUT2D eigenvalue weighted by Crippen LogP contribution is -2.52. The van der Waals surface area contributed by atoms with E-state index in [0.717, 1.165) is 0 Å². The minimum atomic E-state index is -4.54. The van der Waals surface area contributed by atoms with Gasteiger partial charge in [0.2, 0.25) is 5.91 Å². The molecule has 1 aromatic heterocycles. The molecular formula is C11H16F3N5O. The molecule has 0 saturated carbocycles. The number of rotatable bonds is 5. The van der Waals surface area contributed by atoms with Crippen LogP contribution in [0, 0.1) is 5.41 Å². The average Bonchev–Trinajstić information content (AvgIpc) is 3.04. The molecule has 0 spiro atoms. The third-order valence-corrected chi connectivity index (χ3v) is 3.47. The fourth-order valence-corrected chi connectivity index (χ4v) is 2.23. The van der Waals surface area contributed by atoms with Gasteiger partial charge >= 0.3 is 6.18 Å². The predicted octanol–water partition coefficient (Wildman–Crippen LogP) is 0.395. The number of alkyl halides is 3. The summed E-state index contributed by atoms with van der Waals surface area (Å²) in [5, 5.41) is 11.3. The molecule has 6 nitrogen and oxygen atoms in total. The first-order valence-corrected chi connectivity index (χ1v) is 6.36. The number of aromatic nitrogens is 3. The Morgan fingerprint density at radius 1 is 1.50 bits per heavy atom. The van der Waals surface area contributed by atoms with Crippen molar-refractivity contribution in [2.75, 3.05) is 19.6 Å². The highest BCUT2D eigenvalue weighted by atomic mass is 19.4. The highest BCUT2D eigenvalue weighted by Crippen LogP contribution is 2.43. The number of hydrogen-bond acceptors (Lipinski definition) is 4. The van der Waals surface area contributed by atoms with Crippen molar-refractivity contribution < 1.29 is 18.0 Å². The van der Waals surface area contributed by atoms with E-state index in [1.807, 2.05) is 0 Å². The van der Waals surface area contributed by atoms with E-state index in [-0.39, 0.29) is 26.1 Å². The van der Waals surface area contributed by atoms with Gasteiger partial charge < -0.3 is 10.6 Å². The number of halogens is 3. The Balaban J connectivity index is 1.84. The molecule has 1 atom stereocenters. The molecule has 112 valence electrons.